The molecule has 0 spiro atoms. The SMILES string of the molecule is N#C[C@@]1(O)CCCCN1C(=O)O. The number of hydrogen-bond acceptors (Lipinski definition) is 3. The normalized spacial score (nSPS) is 29.5. The van der Waals surface area contributed by atoms with Gasteiger partial charge in [0, 0.05) is 13.0 Å². The fourth-order valence-corrected chi connectivity index (χ4v) is 1.33. The number of nitrogens with zero attached hydrogens (tertiary/aromatic N) is 2. The molecular weight excluding hydrogens is 160 g/mol. The summed E-state index contributed by atoms with van der Waals surface area (Å²) in [5.41, 5.74) is -1.80. The van der Waals surface area contributed by atoms with Crippen molar-refractivity contribution < 1.29 is 15.0 Å². The summed E-state index contributed by atoms with van der Waals surface area (Å²) < 4.78 is 0. The Hall–Kier alpha value is -1.28. The van der Waals surface area contributed by atoms with Crippen molar-refractivity contribution in [2.45, 2.75) is 25.0 Å². The molecule has 1 rings (SSSR count). The van der Waals surface area contributed by atoms with E-state index in [1.54, 1.807) is 6.07 Å². The molecule has 0 unspecified atom stereocenters. The average molecular weight is 170 g/mol. The van der Waals surface area contributed by atoms with E-state index in [0.717, 1.165) is 4.90 Å². The second kappa shape index (κ2) is 2.99. The summed E-state index contributed by atoms with van der Waals surface area (Å²) in [6.07, 6.45) is 0.360. The molecule has 0 aliphatic carbocycles. The molecule has 0 saturated carbocycles. The second-order valence-electron chi connectivity index (χ2n) is 2.82. The summed E-state index contributed by atoms with van der Waals surface area (Å²) in [5.74, 6) is 0. The van der Waals surface area contributed by atoms with Gasteiger partial charge in [0.2, 0.25) is 5.72 Å². The summed E-state index contributed by atoms with van der Waals surface area (Å²) in [6.45, 7) is 0.236. The van der Waals surface area contributed by atoms with Gasteiger partial charge in [-0.3, -0.25) is 4.90 Å². The monoisotopic (exact) mass is 170 g/mol. The molecule has 1 amide bonds. The summed E-state index contributed by atoms with van der Waals surface area (Å²) in [4.78, 5) is 11.3. The molecule has 0 aromatic rings. The molecule has 0 radical (unpaired) electrons. The second-order valence-corrected chi connectivity index (χ2v) is 2.82. The lowest BCUT2D eigenvalue weighted by atomic mass is 10.0. The van der Waals surface area contributed by atoms with Crippen LogP contribution < -0.4 is 0 Å². The van der Waals surface area contributed by atoms with Crippen LogP contribution in [0, 0.1) is 11.3 Å². The van der Waals surface area contributed by atoms with Crippen molar-refractivity contribution in [1.82, 2.24) is 4.90 Å². The largest absolute Gasteiger partial charge is 0.465 e. The van der Waals surface area contributed by atoms with E-state index in [-0.39, 0.29) is 13.0 Å². The molecule has 5 heteroatoms. The van der Waals surface area contributed by atoms with Crippen LogP contribution in [0.1, 0.15) is 19.3 Å². The maximum absolute atomic E-state index is 10.5. The van der Waals surface area contributed by atoms with Crippen LogP contribution in [0.2, 0.25) is 0 Å². The average Bonchev–Trinajstić information content (AvgIpc) is 2.05. The first-order valence-corrected chi connectivity index (χ1v) is 3.74. The van der Waals surface area contributed by atoms with Gasteiger partial charge in [0.1, 0.15) is 6.07 Å². The maximum atomic E-state index is 10.5. The smallest absolute Gasteiger partial charge is 0.410 e. The van der Waals surface area contributed by atoms with Crippen LogP contribution in [0.15, 0.2) is 0 Å². The number of piperidine rings is 1. The quantitative estimate of drug-likeness (QED) is 0.514. The summed E-state index contributed by atoms with van der Waals surface area (Å²) >= 11 is 0. The van der Waals surface area contributed by atoms with Crippen molar-refractivity contribution >= 4 is 6.09 Å². The summed E-state index contributed by atoms with van der Waals surface area (Å²) in [5, 5.41) is 26.7. The highest BCUT2D eigenvalue weighted by atomic mass is 16.4. The van der Waals surface area contributed by atoms with E-state index in [2.05, 4.69) is 0 Å². The Morgan fingerprint density at radius 2 is 2.25 bits per heavy atom. The van der Waals surface area contributed by atoms with Gasteiger partial charge in [-0.2, -0.15) is 5.26 Å². The minimum atomic E-state index is -1.80. The van der Waals surface area contributed by atoms with E-state index in [4.69, 9.17) is 10.4 Å². The fraction of sp³-hybridized carbons (Fsp3) is 0.714. The van der Waals surface area contributed by atoms with Crippen molar-refractivity contribution in [3.05, 3.63) is 0 Å². The number of nitriles is 1. The fourth-order valence-electron chi connectivity index (χ4n) is 1.33. The van der Waals surface area contributed by atoms with Crippen molar-refractivity contribution in [3.8, 4) is 6.07 Å². The Morgan fingerprint density at radius 1 is 1.58 bits per heavy atom. The topological polar surface area (TPSA) is 84.6 Å². The highest BCUT2D eigenvalue weighted by molar-refractivity contribution is 5.66. The number of likely N-dealkylation sites (tertiary alicyclic amines) is 1. The Morgan fingerprint density at radius 3 is 2.67 bits per heavy atom. The molecule has 0 aromatic heterocycles. The van der Waals surface area contributed by atoms with E-state index >= 15 is 0 Å². The van der Waals surface area contributed by atoms with E-state index < -0.39 is 11.8 Å². The third-order valence-corrected chi connectivity index (χ3v) is 2.01. The summed E-state index contributed by atoms with van der Waals surface area (Å²) in [7, 11) is 0. The van der Waals surface area contributed by atoms with Crippen molar-refractivity contribution in [2.24, 2.45) is 0 Å². The molecule has 0 aromatic carbocycles. The van der Waals surface area contributed by atoms with Gasteiger partial charge in [0.15, 0.2) is 0 Å². The van der Waals surface area contributed by atoms with Crippen molar-refractivity contribution in [2.75, 3.05) is 6.54 Å². The van der Waals surface area contributed by atoms with E-state index in [9.17, 15) is 9.90 Å². The Kier molecular flexibility index (Phi) is 2.20. The van der Waals surface area contributed by atoms with Crippen LogP contribution in [0.25, 0.3) is 0 Å². The molecule has 1 aliphatic rings. The van der Waals surface area contributed by atoms with Crippen LogP contribution in [0.4, 0.5) is 4.79 Å². The molecule has 5 nitrogen and oxygen atoms in total. The molecule has 1 heterocycles. The van der Waals surface area contributed by atoms with Gasteiger partial charge in [-0.05, 0) is 12.8 Å². The third-order valence-electron chi connectivity index (χ3n) is 2.01. The molecular formula is C7H10N2O3. The zero-order valence-corrected chi connectivity index (χ0v) is 6.53. The van der Waals surface area contributed by atoms with Gasteiger partial charge in [0.25, 0.3) is 0 Å². The molecule has 1 saturated heterocycles. The first-order valence-electron chi connectivity index (χ1n) is 3.74. The van der Waals surface area contributed by atoms with Crippen LogP contribution in [0.3, 0.4) is 0 Å². The lowest BCUT2D eigenvalue weighted by Gasteiger charge is -2.35. The standard InChI is InChI=1S/C7H10N2O3/c8-5-7(12)3-1-2-4-9(7)6(10)11/h12H,1-4H2,(H,10,11)/t7-/m0/s1. The van der Waals surface area contributed by atoms with Crippen LogP contribution >= 0.6 is 0 Å². The van der Waals surface area contributed by atoms with E-state index in [0.29, 0.717) is 12.8 Å². The van der Waals surface area contributed by atoms with Crippen LogP contribution in [-0.4, -0.2) is 33.5 Å². The Balaban J connectivity index is 2.82. The predicted molar refractivity (Wildman–Crippen MR) is 39.1 cm³/mol. The number of carboxylic acid groups (broad SMARTS) is 1. The molecule has 0 bridgehead atoms. The van der Waals surface area contributed by atoms with Gasteiger partial charge in [0.05, 0.1) is 0 Å². The lowest BCUT2D eigenvalue weighted by Crippen LogP contribution is -2.53. The first kappa shape index (κ1) is 8.81. The molecule has 2 N–H and O–H groups in total. The number of hydrogen-bond donors (Lipinski definition) is 2. The van der Waals surface area contributed by atoms with Crippen molar-refractivity contribution in [1.29, 1.82) is 5.26 Å². The molecule has 1 fully saturated rings. The molecule has 12 heavy (non-hydrogen) atoms. The molecule has 1 aliphatic heterocycles. The maximum Gasteiger partial charge on any atom is 0.410 e. The van der Waals surface area contributed by atoms with Gasteiger partial charge in [-0.25, -0.2) is 4.79 Å². The Bertz CT molecular complexity index is 235. The highest BCUT2D eigenvalue weighted by Gasteiger charge is 2.40. The van der Waals surface area contributed by atoms with Gasteiger partial charge >= 0.3 is 6.09 Å². The van der Waals surface area contributed by atoms with Crippen molar-refractivity contribution in [3.63, 3.8) is 0 Å². The minimum absolute atomic E-state index is 0.204. The molecule has 1 atom stereocenters. The zero-order chi connectivity index (χ0) is 9.19. The highest BCUT2D eigenvalue weighted by Crippen LogP contribution is 2.24. The number of aliphatic hydroxyl groups is 1. The number of rotatable bonds is 0. The predicted octanol–water partition coefficient (Wildman–Crippen LogP) is 0.362. The van der Waals surface area contributed by atoms with Gasteiger partial charge in [-0.15, -0.1) is 0 Å². The van der Waals surface area contributed by atoms with E-state index in [1.165, 1.54) is 0 Å². The van der Waals surface area contributed by atoms with E-state index in [1.807, 2.05) is 0 Å². The van der Waals surface area contributed by atoms with Gasteiger partial charge < -0.3 is 10.2 Å². The Labute approximate surface area is 69.8 Å². The number of amides is 1. The third kappa shape index (κ3) is 1.34. The van der Waals surface area contributed by atoms with Crippen LogP contribution in [0.5, 0.6) is 0 Å². The number of carbonyl (C=O) groups is 1. The van der Waals surface area contributed by atoms with Gasteiger partial charge in [-0.1, -0.05) is 0 Å². The minimum Gasteiger partial charge on any atom is -0.465 e. The zero-order valence-electron chi connectivity index (χ0n) is 6.53. The van der Waals surface area contributed by atoms with Crippen LogP contribution in [-0.2, 0) is 0 Å². The summed E-state index contributed by atoms with van der Waals surface area (Å²) in [6, 6.07) is 1.61. The lowest BCUT2D eigenvalue weighted by molar-refractivity contribution is -0.0692. The molecule has 66 valence electrons. The first-order chi connectivity index (χ1) is 5.60.